The van der Waals surface area contributed by atoms with E-state index in [1.807, 2.05) is 0 Å². The van der Waals surface area contributed by atoms with Gasteiger partial charge >= 0.3 is 0 Å². The van der Waals surface area contributed by atoms with E-state index in [0.29, 0.717) is 0 Å². The quantitative estimate of drug-likeness (QED) is 0.169. The Morgan fingerprint density at radius 1 is 0.431 bits per heavy atom. The number of rotatable bonds is 2. The molecule has 51 heavy (non-hydrogen) atoms. The molecule has 4 aliphatic rings. The molecular weight excluding hydrogens is 615 g/mol. The highest BCUT2D eigenvalue weighted by molar-refractivity contribution is 7.00. The molecule has 0 spiro atoms. The van der Waals surface area contributed by atoms with Crippen LogP contribution >= 0.6 is 0 Å². The van der Waals surface area contributed by atoms with E-state index < -0.39 is 0 Å². The topological polar surface area (TPSA) is 6.48 Å². The van der Waals surface area contributed by atoms with Crippen molar-refractivity contribution in [3.63, 3.8) is 0 Å². The summed E-state index contributed by atoms with van der Waals surface area (Å²) in [7, 11) is 0. The summed E-state index contributed by atoms with van der Waals surface area (Å²) >= 11 is 0. The maximum Gasteiger partial charge on any atom is 0.252 e. The Bertz CT molecular complexity index is 2250. The molecule has 5 aromatic carbocycles. The second-order valence-corrected chi connectivity index (χ2v) is 18.9. The van der Waals surface area contributed by atoms with Gasteiger partial charge in [0.1, 0.15) is 0 Å². The van der Waals surface area contributed by atoms with Gasteiger partial charge in [-0.15, -0.1) is 0 Å². The Morgan fingerprint density at radius 3 is 1.55 bits per heavy atom. The van der Waals surface area contributed by atoms with E-state index >= 15 is 0 Å². The zero-order valence-corrected chi connectivity index (χ0v) is 32.5. The van der Waals surface area contributed by atoms with Crippen LogP contribution in [0.4, 0.5) is 34.1 Å². The average molecular weight is 669 g/mol. The molecule has 258 valence electrons. The summed E-state index contributed by atoms with van der Waals surface area (Å²) in [4.78, 5) is 5.17. The van der Waals surface area contributed by atoms with Crippen molar-refractivity contribution >= 4 is 57.2 Å². The van der Waals surface area contributed by atoms with Crippen LogP contribution in [0, 0.1) is 13.8 Å². The molecule has 0 fully saturated rings. The van der Waals surface area contributed by atoms with Crippen LogP contribution in [0.2, 0.25) is 0 Å². The maximum atomic E-state index is 2.65. The molecule has 0 unspecified atom stereocenters. The molecule has 5 aromatic rings. The minimum Gasteiger partial charge on any atom is -0.311 e. The Labute approximate surface area is 307 Å². The first-order chi connectivity index (χ1) is 24.1. The molecule has 9 rings (SSSR count). The molecule has 3 heteroatoms. The lowest BCUT2D eigenvalue weighted by atomic mass is 9.33. The molecule has 2 nitrogen and oxygen atoms in total. The van der Waals surface area contributed by atoms with Crippen LogP contribution in [0.1, 0.15) is 114 Å². The monoisotopic (exact) mass is 668 g/mol. The summed E-state index contributed by atoms with van der Waals surface area (Å²) < 4.78 is 0. The fraction of sp³-hybridized carbons (Fsp3) is 0.375. The largest absolute Gasteiger partial charge is 0.311 e. The number of benzene rings is 5. The molecular formula is C48H53BN2. The normalized spacial score (nSPS) is 19.8. The zero-order valence-electron chi connectivity index (χ0n) is 32.5. The first-order valence-electron chi connectivity index (χ1n) is 19.3. The number of fused-ring (bicyclic) bond motifs is 6. The summed E-state index contributed by atoms with van der Waals surface area (Å²) in [5.74, 6) is 0. The lowest BCUT2D eigenvalue weighted by molar-refractivity contribution is 0.332. The standard InChI is InChI=1S/C48H53BN2/c1-30-14-17-32(18-15-30)50-40-21-16-31(2)26-38(40)49-39-28-36-37(48(9,10)25-24-47(36,7)8)29-43(39)51(42-13-11-12-41(50)44(42)49)33-19-20-34-35(27-33)46(5,6)23-22-45(34,3)4/h11-21,26-29H,22-25H2,1-10H3. The van der Waals surface area contributed by atoms with Crippen LogP contribution in [0.25, 0.3) is 0 Å². The molecule has 2 aliphatic carbocycles. The molecule has 0 aromatic heterocycles. The lowest BCUT2D eigenvalue weighted by Gasteiger charge is -2.48. The van der Waals surface area contributed by atoms with Gasteiger partial charge in [0.2, 0.25) is 0 Å². The van der Waals surface area contributed by atoms with Crippen molar-refractivity contribution in [1.29, 1.82) is 0 Å². The van der Waals surface area contributed by atoms with Gasteiger partial charge in [0, 0.05) is 34.1 Å². The van der Waals surface area contributed by atoms with Gasteiger partial charge in [-0.2, -0.15) is 0 Å². The van der Waals surface area contributed by atoms with Crippen molar-refractivity contribution in [2.24, 2.45) is 0 Å². The van der Waals surface area contributed by atoms with Gasteiger partial charge in [-0.1, -0.05) is 109 Å². The maximum absolute atomic E-state index is 2.65. The van der Waals surface area contributed by atoms with E-state index in [9.17, 15) is 0 Å². The van der Waals surface area contributed by atoms with E-state index in [1.165, 1.54) is 110 Å². The SMILES string of the molecule is Cc1ccc(N2c3ccc(C)cc3B3c4cc5c(cc4N(c4ccc6c(c4)C(C)(C)CCC6(C)C)c4cccc2c43)C(C)(C)CCC5(C)C)cc1. The Balaban J connectivity index is 1.38. The van der Waals surface area contributed by atoms with Crippen molar-refractivity contribution in [3.8, 4) is 0 Å². The molecule has 0 amide bonds. The second kappa shape index (κ2) is 10.7. The fourth-order valence-electron chi connectivity index (χ4n) is 10.1. The predicted molar refractivity (Wildman–Crippen MR) is 221 cm³/mol. The van der Waals surface area contributed by atoms with Gasteiger partial charge in [0.25, 0.3) is 6.71 Å². The molecule has 0 atom stereocenters. The van der Waals surface area contributed by atoms with Crippen LogP contribution in [0.15, 0.2) is 91.0 Å². The van der Waals surface area contributed by atoms with Crippen LogP contribution in [0.5, 0.6) is 0 Å². The van der Waals surface area contributed by atoms with Crippen LogP contribution in [-0.4, -0.2) is 6.71 Å². The van der Waals surface area contributed by atoms with E-state index in [-0.39, 0.29) is 28.4 Å². The van der Waals surface area contributed by atoms with Crippen LogP contribution in [0.3, 0.4) is 0 Å². The summed E-state index contributed by atoms with van der Waals surface area (Å²) in [5.41, 5.74) is 21.1. The Kier molecular flexibility index (Phi) is 6.82. The summed E-state index contributed by atoms with van der Waals surface area (Å²) in [6.07, 6.45) is 4.83. The van der Waals surface area contributed by atoms with Crippen LogP contribution < -0.4 is 26.2 Å². The Hall–Kier alpha value is -4.24. The third-order valence-electron chi connectivity index (χ3n) is 13.5. The van der Waals surface area contributed by atoms with E-state index in [2.05, 4.69) is 170 Å². The third kappa shape index (κ3) is 4.76. The molecule has 0 radical (unpaired) electrons. The smallest absolute Gasteiger partial charge is 0.252 e. The first-order valence-corrected chi connectivity index (χ1v) is 19.3. The molecule has 0 saturated carbocycles. The number of hydrogen-bond donors (Lipinski definition) is 0. The zero-order chi connectivity index (χ0) is 35.8. The molecule has 2 aliphatic heterocycles. The highest BCUT2D eigenvalue weighted by Gasteiger charge is 2.47. The third-order valence-corrected chi connectivity index (χ3v) is 13.5. The van der Waals surface area contributed by atoms with Gasteiger partial charge in [-0.05, 0) is 148 Å². The minimum atomic E-state index is 0.110. The highest BCUT2D eigenvalue weighted by Crippen LogP contribution is 2.52. The molecule has 0 bridgehead atoms. The number of nitrogens with zero attached hydrogens (tertiary/aromatic N) is 2. The van der Waals surface area contributed by atoms with Gasteiger partial charge in [-0.3, -0.25) is 0 Å². The van der Waals surface area contributed by atoms with Crippen molar-refractivity contribution in [3.05, 3.63) is 124 Å². The Morgan fingerprint density at radius 2 is 0.922 bits per heavy atom. The van der Waals surface area contributed by atoms with Crippen molar-refractivity contribution in [2.45, 2.75) is 117 Å². The van der Waals surface area contributed by atoms with E-state index in [1.54, 1.807) is 0 Å². The molecule has 2 heterocycles. The minimum absolute atomic E-state index is 0.110. The fourth-order valence-corrected chi connectivity index (χ4v) is 10.1. The highest BCUT2D eigenvalue weighted by atomic mass is 15.2. The van der Waals surface area contributed by atoms with E-state index in [4.69, 9.17) is 0 Å². The summed E-state index contributed by atoms with van der Waals surface area (Å²) in [5, 5.41) is 0. The predicted octanol–water partition coefficient (Wildman–Crippen LogP) is 11.1. The van der Waals surface area contributed by atoms with Crippen molar-refractivity contribution in [2.75, 3.05) is 9.80 Å². The number of hydrogen-bond acceptors (Lipinski definition) is 2. The summed E-state index contributed by atoms with van der Waals surface area (Å²) in [6.45, 7) is 24.2. The van der Waals surface area contributed by atoms with E-state index in [0.717, 1.165) is 0 Å². The van der Waals surface area contributed by atoms with Crippen LogP contribution in [-0.2, 0) is 21.7 Å². The molecule has 0 saturated heterocycles. The van der Waals surface area contributed by atoms with Gasteiger partial charge in [0.05, 0.1) is 0 Å². The number of aryl methyl sites for hydroxylation is 2. The first kappa shape index (κ1) is 32.7. The van der Waals surface area contributed by atoms with Crippen molar-refractivity contribution in [1.82, 2.24) is 0 Å². The average Bonchev–Trinajstić information content (AvgIpc) is 3.09. The van der Waals surface area contributed by atoms with Crippen molar-refractivity contribution < 1.29 is 0 Å². The second-order valence-electron chi connectivity index (χ2n) is 18.9. The number of anilines is 6. The molecule has 0 N–H and O–H groups in total. The van der Waals surface area contributed by atoms with Gasteiger partial charge in [0.15, 0.2) is 0 Å². The van der Waals surface area contributed by atoms with Gasteiger partial charge < -0.3 is 9.80 Å². The van der Waals surface area contributed by atoms with Gasteiger partial charge in [-0.25, -0.2) is 0 Å². The summed E-state index contributed by atoms with van der Waals surface area (Å²) in [6, 6.07) is 36.0. The lowest BCUT2D eigenvalue weighted by Crippen LogP contribution is -2.61.